The van der Waals surface area contributed by atoms with Gasteiger partial charge in [-0.2, -0.15) is 0 Å². The fourth-order valence-electron chi connectivity index (χ4n) is 2.30. The molecule has 0 aromatic carbocycles. The summed E-state index contributed by atoms with van der Waals surface area (Å²) in [5.74, 6) is 0.860. The summed E-state index contributed by atoms with van der Waals surface area (Å²) in [5.41, 5.74) is 0. The first-order valence-corrected chi connectivity index (χ1v) is 9.81. The summed E-state index contributed by atoms with van der Waals surface area (Å²) in [5, 5.41) is 5.24. The van der Waals surface area contributed by atoms with Crippen LogP contribution < -0.4 is 10.0 Å². The molecule has 6 heteroatoms. The highest BCUT2D eigenvalue weighted by atomic mass is 32.2. The standard InChI is InChI=1S/C14H22N2O2S2/c17-20(18,16-8-1-2-11-3-4-11)14-7-9-19-13(14)10-15-12-5-6-12/h7,9,11-12,15-16H,1-6,8,10H2. The van der Waals surface area contributed by atoms with Crippen molar-refractivity contribution in [2.75, 3.05) is 6.54 Å². The van der Waals surface area contributed by atoms with E-state index in [0.29, 0.717) is 24.0 Å². The Morgan fingerprint density at radius 2 is 2.05 bits per heavy atom. The molecule has 2 aliphatic rings. The van der Waals surface area contributed by atoms with Crippen molar-refractivity contribution in [2.24, 2.45) is 5.92 Å². The Kier molecular flexibility index (Phi) is 4.45. The largest absolute Gasteiger partial charge is 0.309 e. The molecule has 0 atom stereocenters. The highest BCUT2D eigenvalue weighted by Gasteiger charge is 2.24. The Labute approximate surface area is 125 Å². The van der Waals surface area contributed by atoms with Crippen LogP contribution in [0.3, 0.4) is 0 Å². The molecule has 0 amide bonds. The van der Waals surface area contributed by atoms with Crippen LogP contribution in [0, 0.1) is 5.92 Å². The Morgan fingerprint density at radius 3 is 2.75 bits per heavy atom. The number of nitrogens with one attached hydrogen (secondary N) is 2. The van der Waals surface area contributed by atoms with Gasteiger partial charge in [-0.15, -0.1) is 11.3 Å². The predicted molar refractivity (Wildman–Crippen MR) is 81.3 cm³/mol. The quantitative estimate of drug-likeness (QED) is 0.688. The summed E-state index contributed by atoms with van der Waals surface area (Å²) in [7, 11) is -3.33. The molecule has 3 rings (SSSR count). The Hall–Kier alpha value is -0.430. The second-order valence-electron chi connectivity index (χ2n) is 5.85. The van der Waals surface area contributed by atoms with E-state index in [1.165, 1.54) is 37.0 Å². The lowest BCUT2D eigenvalue weighted by atomic mass is 10.2. The van der Waals surface area contributed by atoms with E-state index in [4.69, 9.17) is 0 Å². The van der Waals surface area contributed by atoms with Crippen LogP contribution >= 0.6 is 11.3 Å². The Bertz CT molecular complexity index is 545. The molecule has 0 unspecified atom stereocenters. The Balaban J connectivity index is 1.53. The minimum atomic E-state index is -3.33. The van der Waals surface area contributed by atoms with Crippen molar-refractivity contribution in [3.05, 3.63) is 16.3 Å². The third-order valence-electron chi connectivity index (χ3n) is 3.90. The molecular weight excluding hydrogens is 292 g/mol. The molecule has 2 fully saturated rings. The average Bonchev–Trinajstić information content (AvgIpc) is 3.33. The van der Waals surface area contributed by atoms with Crippen molar-refractivity contribution in [3.63, 3.8) is 0 Å². The second-order valence-corrected chi connectivity index (χ2v) is 8.58. The van der Waals surface area contributed by atoms with Gasteiger partial charge >= 0.3 is 0 Å². The average molecular weight is 314 g/mol. The van der Waals surface area contributed by atoms with E-state index in [1.807, 2.05) is 5.38 Å². The van der Waals surface area contributed by atoms with Crippen molar-refractivity contribution in [1.29, 1.82) is 0 Å². The van der Waals surface area contributed by atoms with Gasteiger partial charge in [0.1, 0.15) is 0 Å². The molecule has 4 nitrogen and oxygen atoms in total. The van der Waals surface area contributed by atoms with E-state index in [1.54, 1.807) is 6.07 Å². The summed E-state index contributed by atoms with van der Waals surface area (Å²) in [6.07, 6.45) is 7.19. The molecule has 2 saturated carbocycles. The molecule has 0 spiro atoms. The van der Waals surface area contributed by atoms with Crippen molar-refractivity contribution in [2.45, 2.75) is 56.0 Å². The Morgan fingerprint density at radius 1 is 1.25 bits per heavy atom. The molecule has 1 heterocycles. The van der Waals surface area contributed by atoms with Crippen LogP contribution in [-0.2, 0) is 16.6 Å². The number of thiophene rings is 1. The predicted octanol–water partition coefficient (Wildman–Crippen LogP) is 2.47. The maximum Gasteiger partial charge on any atom is 0.241 e. The monoisotopic (exact) mass is 314 g/mol. The highest BCUT2D eigenvalue weighted by molar-refractivity contribution is 7.89. The van der Waals surface area contributed by atoms with Gasteiger partial charge in [0.15, 0.2) is 0 Å². The zero-order chi connectivity index (χ0) is 14.0. The van der Waals surface area contributed by atoms with Gasteiger partial charge in [-0.3, -0.25) is 0 Å². The van der Waals surface area contributed by atoms with Gasteiger partial charge in [-0.1, -0.05) is 12.8 Å². The molecule has 1 aromatic heterocycles. The molecule has 0 bridgehead atoms. The normalized spacial score (nSPS) is 19.4. The lowest BCUT2D eigenvalue weighted by Gasteiger charge is -2.08. The van der Waals surface area contributed by atoms with Gasteiger partial charge < -0.3 is 5.32 Å². The van der Waals surface area contributed by atoms with Crippen LogP contribution in [-0.4, -0.2) is 21.0 Å². The zero-order valence-corrected chi connectivity index (χ0v) is 13.2. The van der Waals surface area contributed by atoms with E-state index in [0.717, 1.165) is 23.6 Å². The minimum absolute atomic E-state index is 0.460. The van der Waals surface area contributed by atoms with Crippen LogP contribution in [0.25, 0.3) is 0 Å². The van der Waals surface area contributed by atoms with E-state index < -0.39 is 10.0 Å². The molecule has 0 aliphatic heterocycles. The van der Waals surface area contributed by atoms with Gasteiger partial charge in [0.05, 0.1) is 4.90 Å². The number of hydrogen-bond acceptors (Lipinski definition) is 4. The van der Waals surface area contributed by atoms with Crippen LogP contribution in [0.1, 0.15) is 43.4 Å². The number of hydrogen-bond donors (Lipinski definition) is 2. The van der Waals surface area contributed by atoms with Crippen molar-refractivity contribution >= 4 is 21.4 Å². The first-order valence-electron chi connectivity index (χ1n) is 7.44. The van der Waals surface area contributed by atoms with Gasteiger partial charge in [0.25, 0.3) is 0 Å². The maximum absolute atomic E-state index is 12.3. The SMILES string of the molecule is O=S(=O)(NCCCC1CC1)c1ccsc1CNC1CC1. The summed E-state index contributed by atoms with van der Waals surface area (Å²) in [6, 6.07) is 2.32. The summed E-state index contributed by atoms with van der Waals surface area (Å²) < 4.78 is 27.3. The van der Waals surface area contributed by atoms with Gasteiger partial charge in [0, 0.05) is 24.0 Å². The molecule has 1 aromatic rings. The number of sulfonamides is 1. The summed E-state index contributed by atoms with van der Waals surface area (Å²) >= 11 is 1.52. The van der Waals surface area contributed by atoms with Crippen molar-refractivity contribution < 1.29 is 8.42 Å². The third kappa shape index (κ3) is 4.04. The van der Waals surface area contributed by atoms with Crippen LogP contribution in [0.15, 0.2) is 16.3 Å². The molecule has 2 N–H and O–H groups in total. The van der Waals surface area contributed by atoms with E-state index in [9.17, 15) is 8.42 Å². The lowest BCUT2D eigenvalue weighted by Crippen LogP contribution is -2.26. The summed E-state index contributed by atoms with van der Waals surface area (Å²) in [4.78, 5) is 1.38. The van der Waals surface area contributed by atoms with Crippen LogP contribution in [0.5, 0.6) is 0 Å². The van der Waals surface area contributed by atoms with Crippen molar-refractivity contribution in [1.82, 2.24) is 10.0 Å². The fourth-order valence-corrected chi connectivity index (χ4v) is 4.77. The lowest BCUT2D eigenvalue weighted by molar-refractivity contribution is 0.571. The van der Waals surface area contributed by atoms with Crippen LogP contribution in [0.2, 0.25) is 0 Å². The smallest absolute Gasteiger partial charge is 0.241 e. The fraction of sp³-hybridized carbons (Fsp3) is 0.714. The first kappa shape index (κ1) is 14.5. The number of rotatable bonds is 9. The van der Waals surface area contributed by atoms with E-state index >= 15 is 0 Å². The topological polar surface area (TPSA) is 58.2 Å². The molecule has 20 heavy (non-hydrogen) atoms. The summed E-state index contributed by atoms with van der Waals surface area (Å²) in [6.45, 7) is 1.23. The van der Waals surface area contributed by atoms with Crippen molar-refractivity contribution in [3.8, 4) is 0 Å². The van der Waals surface area contributed by atoms with Crippen LogP contribution in [0.4, 0.5) is 0 Å². The minimum Gasteiger partial charge on any atom is -0.309 e. The van der Waals surface area contributed by atoms with Gasteiger partial charge in [-0.05, 0) is 43.0 Å². The molecule has 2 aliphatic carbocycles. The second kappa shape index (κ2) is 6.13. The van der Waals surface area contributed by atoms with Gasteiger partial charge in [0.2, 0.25) is 10.0 Å². The maximum atomic E-state index is 12.3. The van der Waals surface area contributed by atoms with E-state index in [-0.39, 0.29) is 0 Å². The molecular formula is C14H22N2O2S2. The van der Waals surface area contributed by atoms with E-state index in [2.05, 4.69) is 10.0 Å². The van der Waals surface area contributed by atoms with Gasteiger partial charge in [-0.25, -0.2) is 13.1 Å². The highest BCUT2D eigenvalue weighted by Crippen LogP contribution is 2.33. The third-order valence-corrected chi connectivity index (χ3v) is 6.50. The zero-order valence-electron chi connectivity index (χ0n) is 11.6. The molecule has 0 saturated heterocycles. The first-order chi connectivity index (χ1) is 9.65. The molecule has 112 valence electrons. The molecule has 0 radical (unpaired) electrons.